The summed E-state index contributed by atoms with van der Waals surface area (Å²) < 4.78 is 1.16. The minimum Gasteiger partial charge on any atom is -0.338 e. The summed E-state index contributed by atoms with van der Waals surface area (Å²) in [5.41, 5.74) is 5.20. The number of thiophene rings is 1. The van der Waals surface area contributed by atoms with Crippen molar-refractivity contribution in [1.29, 1.82) is 0 Å². The van der Waals surface area contributed by atoms with Crippen molar-refractivity contribution >= 4 is 33.2 Å². The van der Waals surface area contributed by atoms with Crippen molar-refractivity contribution in [3.05, 3.63) is 58.0 Å². The van der Waals surface area contributed by atoms with Crippen LogP contribution in [0.4, 0.5) is 0 Å². The third-order valence-electron chi connectivity index (χ3n) is 6.20. The number of rotatable bonds is 2. The Morgan fingerprint density at radius 2 is 1.83 bits per heavy atom. The molecular weight excluding hydrogens is 380 g/mol. The van der Waals surface area contributed by atoms with E-state index < -0.39 is 0 Å². The van der Waals surface area contributed by atoms with E-state index in [9.17, 15) is 9.59 Å². The minimum absolute atomic E-state index is 0.0890. The Balaban J connectivity index is 1.59. The Morgan fingerprint density at radius 1 is 1.03 bits per heavy atom. The summed E-state index contributed by atoms with van der Waals surface area (Å²) in [4.78, 5) is 30.0. The molecule has 0 saturated carbocycles. The molecule has 1 fully saturated rings. The van der Waals surface area contributed by atoms with Gasteiger partial charge in [0.05, 0.1) is 4.88 Å². The highest BCUT2D eigenvalue weighted by molar-refractivity contribution is 7.21. The SMILES string of the molecule is Cc1c(C(=O)N2CCCCC2)sc2c(-c3ccc4c(c3)CN(C)C4=O)cccc12. The maximum absolute atomic E-state index is 13.2. The van der Waals surface area contributed by atoms with Crippen molar-refractivity contribution in [3.8, 4) is 11.1 Å². The van der Waals surface area contributed by atoms with Crippen LogP contribution < -0.4 is 0 Å². The minimum atomic E-state index is 0.0890. The number of piperidine rings is 1. The number of hydrogen-bond acceptors (Lipinski definition) is 3. The Hall–Kier alpha value is -2.66. The lowest BCUT2D eigenvalue weighted by atomic mass is 9.98. The fourth-order valence-corrected chi connectivity index (χ4v) is 5.86. The number of amides is 2. The monoisotopic (exact) mass is 404 g/mol. The van der Waals surface area contributed by atoms with E-state index in [1.807, 2.05) is 24.1 Å². The zero-order chi connectivity index (χ0) is 20.1. The zero-order valence-electron chi connectivity index (χ0n) is 16.8. The second-order valence-corrected chi connectivity index (χ2v) is 9.15. The number of likely N-dealkylation sites (tertiary alicyclic amines) is 1. The van der Waals surface area contributed by atoms with Gasteiger partial charge in [-0.3, -0.25) is 9.59 Å². The lowest BCUT2D eigenvalue weighted by Gasteiger charge is -2.26. The fourth-order valence-electron chi connectivity index (χ4n) is 4.55. The second kappa shape index (κ2) is 6.99. The molecule has 0 aliphatic carbocycles. The first-order valence-electron chi connectivity index (χ1n) is 10.2. The number of fused-ring (bicyclic) bond motifs is 2. The standard InChI is InChI=1S/C24H24N2O2S/c1-15-18-7-6-8-19(16-9-10-20-17(13-16)14-25(2)23(20)27)22(18)29-21(15)24(28)26-11-4-3-5-12-26/h6-10,13H,3-5,11-12,14H2,1-2H3. The number of carbonyl (C=O) groups excluding carboxylic acids is 2. The molecule has 3 aromatic rings. The first kappa shape index (κ1) is 18.4. The summed E-state index contributed by atoms with van der Waals surface area (Å²) in [7, 11) is 1.84. The summed E-state index contributed by atoms with van der Waals surface area (Å²) in [6, 6.07) is 12.4. The first-order chi connectivity index (χ1) is 14.0. The van der Waals surface area contributed by atoms with Crippen molar-refractivity contribution in [2.24, 2.45) is 0 Å². The highest BCUT2D eigenvalue weighted by atomic mass is 32.1. The van der Waals surface area contributed by atoms with E-state index in [0.29, 0.717) is 6.54 Å². The molecule has 0 N–H and O–H groups in total. The molecule has 2 aliphatic rings. The lowest BCUT2D eigenvalue weighted by molar-refractivity contribution is 0.0728. The van der Waals surface area contributed by atoms with Crippen LogP contribution in [0.1, 0.15) is 50.4 Å². The zero-order valence-corrected chi connectivity index (χ0v) is 17.6. The highest BCUT2D eigenvalue weighted by Crippen LogP contribution is 2.39. The Labute approximate surface area is 174 Å². The van der Waals surface area contributed by atoms with Gasteiger partial charge in [-0.1, -0.05) is 24.3 Å². The topological polar surface area (TPSA) is 40.6 Å². The summed E-state index contributed by atoms with van der Waals surface area (Å²) in [6.07, 6.45) is 3.42. The summed E-state index contributed by atoms with van der Waals surface area (Å²) in [6.45, 7) is 4.45. The Morgan fingerprint density at radius 3 is 2.62 bits per heavy atom. The molecule has 1 aromatic heterocycles. The molecule has 2 amide bonds. The van der Waals surface area contributed by atoms with Crippen LogP contribution in [-0.2, 0) is 6.54 Å². The summed E-state index contributed by atoms with van der Waals surface area (Å²) in [5, 5.41) is 1.15. The number of benzene rings is 2. The molecule has 2 aliphatic heterocycles. The van der Waals surface area contributed by atoms with Gasteiger partial charge in [0.1, 0.15) is 0 Å². The van der Waals surface area contributed by atoms with Crippen LogP contribution in [0.2, 0.25) is 0 Å². The molecule has 3 heterocycles. The molecular formula is C24H24N2O2S. The molecule has 148 valence electrons. The molecule has 29 heavy (non-hydrogen) atoms. The second-order valence-electron chi connectivity index (χ2n) is 8.12. The normalized spacial score (nSPS) is 16.6. The van der Waals surface area contributed by atoms with Crippen LogP contribution in [-0.4, -0.2) is 41.8 Å². The molecule has 4 nitrogen and oxygen atoms in total. The molecule has 0 spiro atoms. The number of carbonyl (C=O) groups is 2. The molecule has 5 rings (SSSR count). The summed E-state index contributed by atoms with van der Waals surface area (Å²) in [5.74, 6) is 0.265. The molecule has 1 saturated heterocycles. The van der Waals surface area contributed by atoms with E-state index in [1.165, 1.54) is 6.42 Å². The van der Waals surface area contributed by atoms with E-state index in [4.69, 9.17) is 0 Å². The van der Waals surface area contributed by atoms with Gasteiger partial charge in [0, 0.05) is 36.9 Å². The lowest BCUT2D eigenvalue weighted by Crippen LogP contribution is -2.35. The Bertz CT molecular complexity index is 1140. The van der Waals surface area contributed by atoms with Gasteiger partial charge in [0.25, 0.3) is 11.8 Å². The van der Waals surface area contributed by atoms with Gasteiger partial charge < -0.3 is 9.80 Å². The molecule has 0 atom stereocenters. The van der Waals surface area contributed by atoms with E-state index in [1.54, 1.807) is 16.2 Å². The summed E-state index contributed by atoms with van der Waals surface area (Å²) >= 11 is 1.61. The predicted octanol–water partition coefficient (Wildman–Crippen LogP) is 5.09. The average Bonchev–Trinajstić information content (AvgIpc) is 3.24. The molecule has 5 heteroatoms. The first-order valence-corrected chi connectivity index (χ1v) is 11.1. The fraction of sp³-hybridized carbons (Fsp3) is 0.333. The van der Waals surface area contributed by atoms with Crippen LogP contribution in [0.3, 0.4) is 0 Å². The number of nitrogens with zero attached hydrogens (tertiary/aromatic N) is 2. The molecule has 0 radical (unpaired) electrons. The highest BCUT2D eigenvalue weighted by Gasteiger charge is 2.26. The smallest absolute Gasteiger partial charge is 0.264 e. The molecule has 0 unspecified atom stereocenters. The largest absolute Gasteiger partial charge is 0.338 e. The quantitative estimate of drug-likeness (QED) is 0.597. The molecule has 0 bridgehead atoms. The number of aryl methyl sites for hydroxylation is 1. The van der Waals surface area contributed by atoms with Gasteiger partial charge in [0.2, 0.25) is 0 Å². The third kappa shape index (κ3) is 2.96. The maximum atomic E-state index is 13.2. The van der Waals surface area contributed by atoms with Crippen LogP contribution in [0.5, 0.6) is 0 Å². The maximum Gasteiger partial charge on any atom is 0.264 e. The van der Waals surface area contributed by atoms with E-state index >= 15 is 0 Å². The van der Waals surface area contributed by atoms with Gasteiger partial charge in [0.15, 0.2) is 0 Å². The van der Waals surface area contributed by atoms with Crippen LogP contribution in [0, 0.1) is 6.92 Å². The average molecular weight is 405 g/mol. The van der Waals surface area contributed by atoms with Crippen LogP contribution in [0.25, 0.3) is 21.2 Å². The third-order valence-corrected chi connectivity index (χ3v) is 7.53. The van der Waals surface area contributed by atoms with Gasteiger partial charge in [-0.05, 0) is 66.0 Å². The van der Waals surface area contributed by atoms with Crippen molar-refractivity contribution in [2.75, 3.05) is 20.1 Å². The van der Waals surface area contributed by atoms with Gasteiger partial charge in [-0.15, -0.1) is 11.3 Å². The van der Waals surface area contributed by atoms with Gasteiger partial charge >= 0.3 is 0 Å². The molecule has 2 aromatic carbocycles. The Kier molecular flexibility index (Phi) is 4.43. The van der Waals surface area contributed by atoms with Crippen LogP contribution in [0.15, 0.2) is 36.4 Å². The predicted molar refractivity (Wildman–Crippen MR) is 118 cm³/mol. The van der Waals surface area contributed by atoms with E-state index in [0.717, 1.165) is 68.7 Å². The van der Waals surface area contributed by atoms with Crippen molar-refractivity contribution in [3.63, 3.8) is 0 Å². The van der Waals surface area contributed by atoms with Gasteiger partial charge in [-0.2, -0.15) is 0 Å². The van der Waals surface area contributed by atoms with Gasteiger partial charge in [-0.25, -0.2) is 0 Å². The van der Waals surface area contributed by atoms with Crippen molar-refractivity contribution < 1.29 is 9.59 Å². The number of hydrogen-bond donors (Lipinski definition) is 0. The van der Waals surface area contributed by atoms with Crippen molar-refractivity contribution in [1.82, 2.24) is 9.80 Å². The van der Waals surface area contributed by atoms with Crippen molar-refractivity contribution in [2.45, 2.75) is 32.7 Å². The van der Waals surface area contributed by atoms with E-state index in [2.05, 4.69) is 31.2 Å². The van der Waals surface area contributed by atoms with Crippen LogP contribution >= 0.6 is 11.3 Å². The van der Waals surface area contributed by atoms with E-state index in [-0.39, 0.29) is 11.8 Å².